The highest BCUT2D eigenvalue weighted by atomic mass is 19.4. The first-order valence-electron chi connectivity index (χ1n) is 5.96. The molecule has 0 radical (unpaired) electrons. The highest BCUT2D eigenvalue weighted by molar-refractivity contribution is 5.39. The van der Waals surface area contributed by atoms with Crippen molar-refractivity contribution in [1.29, 1.82) is 0 Å². The summed E-state index contributed by atoms with van der Waals surface area (Å²) < 4.78 is 42.3. The minimum atomic E-state index is -4.36. The number of rotatable bonds is 7. The van der Waals surface area contributed by atoms with Crippen LogP contribution in [0.3, 0.4) is 0 Å². The van der Waals surface area contributed by atoms with Gasteiger partial charge in [0.05, 0.1) is 12.2 Å². The number of anilines is 1. The van der Waals surface area contributed by atoms with E-state index in [1.807, 2.05) is 4.90 Å². The third-order valence-corrected chi connectivity index (χ3v) is 2.60. The summed E-state index contributed by atoms with van der Waals surface area (Å²) in [6, 6.07) is 2.40. The molecule has 1 heterocycles. The maximum absolute atomic E-state index is 12.4. The minimum absolute atomic E-state index is 0.479. The molecule has 0 saturated carbocycles. The van der Waals surface area contributed by atoms with E-state index in [2.05, 4.69) is 4.98 Å². The number of ether oxygens (including phenoxy) is 1. The summed E-state index contributed by atoms with van der Waals surface area (Å²) in [5.74, 6) is 0.499. The molecule has 0 aromatic carbocycles. The van der Waals surface area contributed by atoms with Crippen molar-refractivity contribution < 1.29 is 17.9 Å². The van der Waals surface area contributed by atoms with Gasteiger partial charge in [-0.3, -0.25) is 0 Å². The van der Waals surface area contributed by atoms with Gasteiger partial charge in [-0.05, 0) is 25.1 Å². The summed E-state index contributed by atoms with van der Waals surface area (Å²) >= 11 is 0. The lowest BCUT2D eigenvalue weighted by molar-refractivity contribution is -0.137. The molecule has 1 aromatic heterocycles. The van der Waals surface area contributed by atoms with E-state index < -0.39 is 11.7 Å². The number of hydrogen-bond donors (Lipinski definition) is 1. The number of hydrogen-bond acceptors (Lipinski definition) is 4. The van der Waals surface area contributed by atoms with Crippen LogP contribution in [0.1, 0.15) is 12.0 Å². The molecule has 4 nitrogen and oxygen atoms in total. The van der Waals surface area contributed by atoms with Crippen molar-refractivity contribution in [1.82, 2.24) is 4.98 Å². The lowest BCUT2D eigenvalue weighted by Gasteiger charge is -2.23. The molecular formula is C12H18F3N3O. The van der Waals surface area contributed by atoms with E-state index in [0.717, 1.165) is 18.7 Å². The van der Waals surface area contributed by atoms with E-state index in [-0.39, 0.29) is 0 Å². The molecule has 0 bridgehead atoms. The van der Waals surface area contributed by atoms with E-state index in [1.54, 1.807) is 7.11 Å². The largest absolute Gasteiger partial charge is 0.417 e. The van der Waals surface area contributed by atoms with Crippen LogP contribution in [0, 0.1) is 0 Å². The van der Waals surface area contributed by atoms with E-state index in [4.69, 9.17) is 10.5 Å². The fourth-order valence-electron chi connectivity index (χ4n) is 1.57. The summed E-state index contributed by atoms with van der Waals surface area (Å²) in [6.07, 6.45) is -2.77. The van der Waals surface area contributed by atoms with Crippen molar-refractivity contribution in [2.75, 3.05) is 38.3 Å². The van der Waals surface area contributed by atoms with Gasteiger partial charge in [0.25, 0.3) is 0 Å². The molecule has 108 valence electrons. The number of aromatic nitrogens is 1. The monoisotopic (exact) mass is 277 g/mol. The normalized spacial score (nSPS) is 11.6. The molecule has 1 aromatic rings. The first kappa shape index (κ1) is 15.7. The van der Waals surface area contributed by atoms with Crippen LogP contribution in [0.25, 0.3) is 0 Å². The van der Waals surface area contributed by atoms with Crippen LogP contribution in [0.4, 0.5) is 19.0 Å². The quantitative estimate of drug-likeness (QED) is 0.827. The second-order valence-electron chi connectivity index (χ2n) is 4.02. The zero-order valence-electron chi connectivity index (χ0n) is 10.8. The van der Waals surface area contributed by atoms with Crippen LogP contribution in [0.5, 0.6) is 0 Å². The number of pyridine rings is 1. The van der Waals surface area contributed by atoms with Gasteiger partial charge in [-0.15, -0.1) is 0 Å². The number of alkyl halides is 3. The standard InChI is InChI=1S/C12H18F3N3O/c1-19-8-7-18(6-2-5-16)11-4-3-10(9-17-11)12(13,14)15/h3-4,9H,2,5-8,16H2,1H3. The van der Waals surface area contributed by atoms with Gasteiger partial charge in [-0.2, -0.15) is 13.2 Å². The predicted octanol–water partition coefficient (Wildman–Crippen LogP) is 1.90. The van der Waals surface area contributed by atoms with Gasteiger partial charge < -0.3 is 15.4 Å². The average molecular weight is 277 g/mol. The molecule has 0 aliphatic rings. The third kappa shape index (κ3) is 5.04. The second kappa shape index (κ2) is 7.30. The average Bonchev–Trinajstić information content (AvgIpc) is 2.38. The van der Waals surface area contributed by atoms with Crippen molar-refractivity contribution in [3.8, 4) is 0 Å². The van der Waals surface area contributed by atoms with Gasteiger partial charge in [0.1, 0.15) is 5.82 Å². The van der Waals surface area contributed by atoms with E-state index in [0.29, 0.717) is 32.1 Å². The first-order chi connectivity index (χ1) is 8.99. The van der Waals surface area contributed by atoms with E-state index in [9.17, 15) is 13.2 Å². The molecule has 0 amide bonds. The molecule has 0 saturated heterocycles. The van der Waals surface area contributed by atoms with Crippen molar-refractivity contribution >= 4 is 5.82 Å². The highest BCUT2D eigenvalue weighted by Crippen LogP contribution is 2.29. The first-order valence-corrected chi connectivity index (χ1v) is 5.96. The fourth-order valence-corrected chi connectivity index (χ4v) is 1.57. The molecule has 19 heavy (non-hydrogen) atoms. The van der Waals surface area contributed by atoms with Gasteiger partial charge in [0.2, 0.25) is 0 Å². The lowest BCUT2D eigenvalue weighted by atomic mass is 10.2. The van der Waals surface area contributed by atoms with Crippen molar-refractivity contribution in [3.05, 3.63) is 23.9 Å². The highest BCUT2D eigenvalue weighted by Gasteiger charge is 2.30. The molecule has 0 aliphatic heterocycles. The van der Waals surface area contributed by atoms with Crippen LogP contribution >= 0.6 is 0 Å². The molecular weight excluding hydrogens is 259 g/mol. The topological polar surface area (TPSA) is 51.4 Å². The summed E-state index contributed by atoms with van der Waals surface area (Å²) in [4.78, 5) is 5.72. The zero-order chi connectivity index (χ0) is 14.3. The SMILES string of the molecule is COCCN(CCCN)c1ccc(C(F)(F)F)cn1. The fraction of sp³-hybridized carbons (Fsp3) is 0.583. The van der Waals surface area contributed by atoms with Crippen LogP contribution < -0.4 is 10.6 Å². The molecule has 1 rings (SSSR count). The molecule has 0 spiro atoms. The van der Waals surface area contributed by atoms with Crippen LogP contribution in [-0.4, -0.2) is 38.3 Å². The summed E-state index contributed by atoms with van der Waals surface area (Å²) in [6.45, 7) is 2.20. The van der Waals surface area contributed by atoms with Gasteiger partial charge in [-0.1, -0.05) is 0 Å². The Labute approximate surface area is 110 Å². The molecule has 0 aliphatic carbocycles. The second-order valence-corrected chi connectivity index (χ2v) is 4.02. The van der Waals surface area contributed by atoms with Crippen LogP contribution in [0.2, 0.25) is 0 Å². The Morgan fingerprint density at radius 2 is 2.05 bits per heavy atom. The Bertz CT molecular complexity index is 359. The van der Waals surface area contributed by atoms with Crippen molar-refractivity contribution in [3.63, 3.8) is 0 Å². The zero-order valence-corrected chi connectivity index (χ0v) is 10.8. The third-order valence-electron chi connectivity index (χ3n) is 2.60. The number of methoxy groups -OCH3 is 1. The summed E-state index contributed by atoms with van der Waals surface area (Å²) in [7, 11) is 1.57. The van der Waals surface area contributed by atoms with Gasteiger partial charge in [0.15, 0.2) is 0 Å². The predicted molar refractivity (Wildman–Crippen MR) is 67.0 cm³/mol. The molecule has 0 unspecified atom stereocenters. The van der Waals surface area contributed by atoms with Gasteiger partial charge in [0, 0.05) is 26.4 Å². The Morgan fingerprint density at radius 3 is 2.53 bits per heavy atom. The minimum Gasteiger partial charge on any atom is -0.383 e. The number of nitrogens with two attached hydrogens (primary N) is 1. The molecule has 2 N–H and O–H groups in total. The lowest BCUT2D eigenvalue weighted by Crippen LogP contribution is -2.30. The maximum atomic E-state index is 12.4. The number of halogens is 3. The smallest absolute Gasteiger partial charge is 0.383 e. The molecule has 0 atom stereocenters. The Hall–Kier alpha value is -1.34. The van der Waals surface area contributed by atoms with Gasteiger partial charge >= 0.3 is 6.18 Å². The molecule has 0 fully saturated rings. The molecule has 7 heteroatoms. The van der Waals surface area contributed by atoms with Crippen molar-refractivity contribution in [2.45, 2.75) is 12.6 Å². The summed E-state index contributed by atoms with van der Waals surface area (Å²) in [5.41, 5.74) is 4.69. The van der Waals surface area contributed by atoms with E-state index in [1.165, 1.54) is 6.07 Å². The summed E-state index contributed by atoms with van der Waals surface area (Å²) in [5, 5.41) is 0. The maximum Gasteiger partial charge on any atom is 0.417 e. The van der Waals surface area contributed by atoms with Crippen LogP contribution in [-0.2, 0) is 10.9 Å². The van der Waals surface area contributed by atoms with Crippen molar-refractivity contribution in [2.24, 2.45) is 5.73 Å². The Balaban J connectivity index is 2.78. The van der Waals surface area contributed by atoms with Crippen LogP contribution in [0.15, 0.2) is 18.3 Å². The van der Waals surface area contributed by atoms with E-state index >= 15 is 0 Å². The number of nitrogens with zero attached hydrogens (tertiary/aromatic N) is 2. The van der Waals surface area contributed by atoms with Gasteiger partial charge in [-0.25, -0.2) is 4.98 Å². The Kier molecular flexibility index (Phi) is 6.04. The Morgan fingerprint density at radius 1 is 1.32 bits per heavy atom.